The highest BCUT2D eigenvalue weighted by atomic mass is 35.5. The predicted molar refractivity (Wildman–Crippen MR) is 165 cm³/mol. The first-order chi connectivity index (χ1) is 20.0. The molecule has 5 aromatic rings. The van der Waals surface area contributed by atoms with Crippen molar-refractivity contribution in [3.05, 3.63) is 87.4 Å². The van der Waals surface area contributed by atoms with E-state index in [9.17, 15) is 4.79 Å². The maximum Gasteiger partial charge on any atom is 0.259 e. The lowest BCUT2D eigenvalue weighted by Gasteiger charge is -2.34. The summed E-state index contributed by atoms with van der Waals surface area (Å²) in [6.45, 7) is 11.6. The molecule has 3 aromatic carbocycles. The number of nitrogens with one attached hydrogen (secondary N) is 1. The van der Waals surface area contributed by atoms with Gasteiger partial charge in [0.25, 0.3) is 5.56 Å². The Morgan fingerprint density at radius 2 is 1.76 bits per heavy atom. The zero-order valence-corrected chi connectivity index (χ0v) is 24.3. The van der Waals surface area contributed by atoms with Crippen molar-refractivity contribution in [3.63, 3.8) is 0 Å². The summed E-state index contributed by atoms with van der Waals surface area (Å²) < 4.78 is 8.10. The summed E-state index contributed by atoms with van der Waals surface area (Å²) in [5, 5.41) is 1.22. The van der Waals surface area contributed by atoms with Crippen LogP contribution in [0.2, 0.25) is 5.02 Å². The van der Waals surface area contributed by atoms with Crippen molar-refractivity contribution >= 4 is 33.5 Å². The standard InChI is InChI=1S/C32H35ClN6O2/c1-3-15-41-30-10-9-22(19-38-13-11-37(4-2)12-14-38)16-25(30)31-35-27-18-28-29(17-24(27)32(40)36-31)39(21-34-28)20-23-7-5-6-8-26(23)33/h5-10,16-18,21H,3-4,11-15,19-20H2,1-2H3,(H,35,36,40). The maximum absolute atomic E-state index is 13.4. The van der Waals surface area contributed by atoms with Gasteiger partial charge in [0.15, 0.2) is 0 Å². The number of H-pyrrole nitrogens is 1. The van der Waals surface area contributed by atoms with Crippen molar-refractivity contribution < 1.29 is 4.74 Å². The van der Waals surface area contributed by atoms with E-state index in [4.69, 9.17) is 21.3 Å². The first kappa shape index (κ1) is 27.4. The van der Waals surface area contributed by atoms with Crippen molar-refractivity contribution in [1.82, 2.24) is 29.3 Å². The number of benzene rings is 3. The van der Waals surface area contributed by atoms with Gasteiger partial charge in [-0.05, 0) is 54.4 Å². The van der Waals surface area contributed by atoms with E-state index in [1.54, 1.807) is 6.33 Å². The summed E-state index contributed by atoms with van der Waals surface area (Å²) in [6.07, 6.45) is 2.67. The van der Waals surface area contributed by atoms with Gasteiger partial charge in [-0.15, -0.1) is 0 Å². The number of piperazine rings is 1. The third-order valence-electron chi connectivity index (χ3n) is 7.82. The van der Waals surface area contributed by atoms with E-state index < -0.39 is 0 Å². The highest BCUT2D eigenvalue weighted by Crippen LogP contribution is 2.31. The highest BCUT2D eigenvalue weighted by Gasteiger charge is 2.18. The summed E-state index contributed by atoms with van der Waals surface area (Å²) in [6, 6.07) is 17.7. The molecule has 0 radical (unpaired) electrons. The molecule has 0 bridgehead atoms. The number of ether oxygens (including phenoxy) is 1. The van der Waals surface area contributed by atoms with Crippen molar-refractivity contribution in [3.8, 4) is 17.1 Å². The molecule has 0 atom stereocenters. The third kappa shape index (κ3) is 5.86. The van der Waals surface area contributed by atoms with Crippen molar-refractivity contribution in [2.45, 2.75) is 33.4 Å². The molecular weight excluding hydrogens is 536 g/mol. The molecule has 41 heavy (non-hydrogen) atoms. The first-order valence-electron chi connectivity index (χ1n) is 14.4. The molecule has 0 spiro atoms. The second-order valence-electron chi connectivity index (χ2n) is 10.6. The lowest BCUT2D eigenvalue weighted by atomic mass is 10.1. The zero-order chi connectivity index (χ0) is 28.3. The second-order valence-corrected chi connectivity index (χ2v) is 11.0. The molecule has 1 fully saturated rings. The Hall–Kier alpha value is -3.72. The van der Waals surface area contributed by atoms with E-state index in [0.717, 1.165) is 73.6 Å². The van der Waals surface area contributed by atoms with E-state index in [1.807, 2.05) is 47.0 Å². The molecule has 6 rings (SSSR count). The smallest absolute Gasteiger partial charge is 0.259 e. The third-order valence-corrected chi connectivity index (χ3v) is 8.19. The molecule has 0 saturated carbocycles. The number of rotatable bonds is 9. The number of fused-ring (bicyclic) bond motifs is 2. The van der Waals surface area contributed by atoms with Crippen LogP contribution in [-0.4, -0.2) is 68.6 Å². The quantitative estimate of drug-likeness (QED) is 0.250. The van der Waals surface area contributed by atoms with Gasteiger partial charge < -0.3 is 19.2 Å². The van der Waals surface area contributed by atoms with Crippen LogP contribution in [0, 0.1) is 0 Å². The van der Waals surface area contributed by atoms with Gasteiger partial charge in [-0.2, -0.15) is 0 Å². The Kier molecular flexibility index (Phi) is 8.05. The molecule has 1 aliphatic heterocycles. The first-order valence-corrected chi connectivity index (χ1v) is 14.7. The van der Waals surface area contributed by atoms with Crippen LogP contribution in [0.1, 0.15) is 31.4 Å². The van der Waals surface area contributed by atoms with Crippen LogP contribution in [0.5, 0.6) is 5.75 Å². The number of hydrogen-bond donors (Lipinski definition) is 1. The summed E-state index contributed by atoms with van der Waals surface area (Å²) >= 11 is 6.40. The molecule has 0 aliphatic carbocycles. The molecule has 2 aromatic heterocycles. The summed E-state index contributed by atoms with van der Waals surface area (Å²) in [4.78, 5) is 31.0. The van der Waals surface area contributed by atoms with Crippen LogP contribution < -0.4 is 10.3 Å². The predicted octanol–water partition coefficient (Wildman–Crippen LogP) is 5.57. The maximum atomic E-state index is 13.4. The van der Waals surface area contributed by atoms with Gasteiger partial charge in [-0.3, -0.25) is 9.69 Å². The number of imidazole rings is 1. The Bertz CT molecular complexity index is 1740. The Labute approximate surface area is 244 Å². The van der Waals surface area contributed by atoms with Crippen LogP contribution in [0.3, 0.4) is 0 Å². The zero-order valence-electron chi connectivity index (χ0n) is 23.6. The molecule has 0 unspecified atom stereocenters. The molecular formula is C32H35ClN6O2. The largest absolute Gasteiger partial charge is 0.493 e. The van der Waals surface area contributed by atoms with Gasteiger partial charge in [0, 0.05) is 37.7 Å². The van der Waals surface area contributed by atoms with Crippen molar-refractivity contribution in [2.24, 2.45) is 0 Å². The van der Waals surface area contributed by atoms with Gasteiger partial charge in [0.05, 0.1) is 47.0 Å². The topological polar surface area (TPSA) is 79.3 Å². The Morgan fingerprint density at radius 1 is 0.951 bits per heavy atom. The number of aromatic amines is 1. The molecule has 9 heteroatoms. The molecule has 1 aliphatic rings. The van der Waals surface area contributed by atoms with Gasteiger partial charge in [-0.25, -0.2) is 9.97 Å². The number of nitrogens with zero attached hydrogens (tertiary/aromatic N) is 5. The Morgan fingerprint density at radius 3 is 2.54 bits per heavy atom. The minimum atomic E-state index is -0.195. The van der Waals surface area contributed by atoms with Crippen LogP contribution in [0.4, 0.5) is 0 Å². The van der Waals surface area contributed by atoms with Gasteiger partial charge in [0.2, 0.25) is 0 Å². The summed E-state index contributed by atoms with van der Waals surface area (Å²) in [7, 11) is 0. The van der Waals surface area contributed by atoms with Crippen LogP contribution >= 0.6 is 11.6 Å². The highest BCUT2D eigenvalue weighted by molar-refractivity contribution is 6.31. The fourth-order valence-electron chi connectivity index (χ4n) is 5.47. The minimum Gasteiger partial charge on any atom is -0.493 e. The molecule has 212 valence electrons. The monoisotopic (exact) mass is 570 g/mol. The number of hydrogen-bond acceptors (Lipinski definition) is 6. The fourth-order valence-corrected chi connectivity index (χ4v) is 5.67. The number of halogens is 1. The SMILES string of the molecule is CCCOc1ccc(CN2CCN(CC)CC2)cc1-c1nc2cc3ncn(Cc4ccccc4Cl)c3cc2c(=O)[nH]1. The van der Waals surface area contributed by atoms with E-state index in [0.29, 0.717) is 34.9 Å². The summed E-state index contributed by atoms with van der Waals surface area (Å²) in [5.74, 6) is 1.22. The second kappa shape index (κ2) is 12.0. The molecule has 0 amide bonds. The van der Waals surface area contributed by atoms with Crippen molar-refractivity contribution in [1.29, 1.82) is 0 Å². The fraction of sp³-hybridized carbons (Fsp3) is 0.344. The van der Waals surface area contributed by atoms with E-state index >= 15 is 0 Å². The van der Waals surface area contributed by atoms with Gasteiger partial charge in [0.1, 0.15) is 11.6 Å². The van der Waals surface area contributed by atoms with Crippen molar-refractivity contribution in [2.75, 3.05) is 39.3 Å². The molecule has 1 N–H and O–H groups in total. The minimum absolute atomic E-state index is 0.195. The number of aromatic nitrogens is 4. The lowest BCUT2D eigenvalue weighted by molar-refractivity contribution is 0.132. The van der Waals surface area contributed by atoms with Crippen LogP contribution in [0.15, 0.2) is 65.7 Å². The normalized spacial score (nSPS) is 14.7. The van der Waals surface area contributed by atoms with Gasteiger partial charge >= 0.3 is 0 Å². The summed E-state index contributed by atoms with van der Waals surface area (Å²) in [5.41, 5.74) is 4.99. The molecule has 8 nitrogen and oxygen atoms in total. The van der Waals surface area contributed by atoms with E-state index in [2.05, 4.69) is 45.7 Å². The Balaban J connectivity index is 1.35. The van der Waals surface area contributed by atoms with Crippen LogP contribution in [-0.2, 0) is 13.1 Å². The molecule has 3 heterocycles. The average molecular weight is 571 g/mol. The molecule has 1 saturated heterocycles. The number of likely N-dealkylation sites (N-methyl/N-ethyl adjacent to an activating group) is 1. The van der Waals surface area contributed by atoms with E-state index in [1.165, 1.54) is 5.56 Å². The van der Waals surface area contributed by atoms with Crippen LogP contribution in [0.25, 0.3) is 33.3 Å². The lowest BCUT2D eigenvalue weighted by Crippen LogP contribution is -2.45. The van der Waals surface area contributed by atoms with Gasteiger partial charge in [-0.1, -0.05) is 49.7 Å². The van der Waals surface area contributed by atoms with E-state index in [-0.39, 0.29) is 5.56 Å². The average Bonchev–Trinajstić information content (AvgIpc) is 3.38.